The molecule has 0 saturated heterocycles. The Kier molecular flexibility index (Phi) is 2.29. The SMILES string of the molecule is Nc1nnc(Cn2ccc([N+](=O)[O-])n2)s1. The minimum atomic E-state index is -0.551. The smallest absolute Gasteiger partial charge is 0.374 e. The Hall–Kier alpha value is -2.03. The van der Waals surface area contributed by atoms with Gasteiger partial charge in [0.2, 0.25) is 5.13 Å². The van der Waals surface area contributed by atoms with Crippen molar-refractivity contribution in [1.29, 1.82) is 0 Å². The van der Waals surface area contributed by atoms with E-state index >= 15 is 0 Å². The second-order valence-corrected chi connectivity index (χ2v) is 3.76. The first-order valence-electron chi connectivity index (χ1n) is 3.91. The molecule has 0 aliphatic carbocycles. The minimum Gasteiger partial charge on any atom is -0.374 e. The first kappa shape index (κ1) is 9.52. The van der Waals surface area contributed by atoms with Crippen molar-refractivity contribution in [3.63, 3.8) is 0 Å². The largest absolute Gasteiger partial charge is 0.389 e. The number of anilines is 1. The van der Waals surface area contributed by atoms with E-state index in [-0.39, 0.29) is 5.82 Å². The number of hydrogen-bond donors (Lipinski definition) is 1. The van der Waals surface area contributed by atoms with Crippen LogP contribution in [0.4, 0.5) is 10.9 Å². The molecule has 0 radical (unpaired) electrons. The number of aromatic nitrogens is 4. The number of hydrogen-bond acceptors (Lipinski definition) is 7. The van der Waals surface area contributed by atoms with Crippen LogP contribution in [0.2, 0.25) is 0 Å². The second-order valence-electron chi connectivity index (χ2n) is 2.66. The van der Waals surface area contributed by atoms with Gasteiger partial charge in [0, 0.05) is 0 Å². The third-order valence-electron chi connectivity index (χ3n) is 1.59. The van der Waals surface area contributed by atoms with Crippen molar-refractivity contribution in [1.82, 2.24) is 20.0 Å². The lowest BCUT2D eigenvalue weighted by molar-refractivity contribution is -0.389. The molecule has 0 unspecified atom stereocenters. The summed E-state index contributed by atoms with van der Waals surface area (Å²) in [5.41, 5.74) is 5.39. The number of nitrogens with two attached hydrogens (primary N) is 1. The standard InChI is InChI=1S/C6H6N6O2S/c7-6-9-8-5(15-6)3-11-2-1-4(10-11)12(13)14/h1-2H,3H2,(H2,7,9). The molecule has 0 spiro atoms. The molecule has 0 aliphatic rings. The highest BCUT2D eigenvalue weighted by atomic mass is 32.1. The van der Waals surface area contributed by atoms with E-state index in [1.54, 1.807) is 0 Å². The third-order valence-corrected chi connectivity index (χ3v) is 2.33. The van der Waals surface area contributed by atoms with Crippen LogP contribution < -0.4 is 5.73 Å². The average Bonchev–Trinajstić information content (AvgIpc) is 2.76. The molecule has 2 N–H and O–H groups in total. The van der Waals surface area contributed by atoms with Gasteiger partial charge in [-0.05, 0) is 4.92 Å². The summed E-state index contributed by atoms with van der Waals surface area (Å²) in [6.45, 7) is 0.336. The van der Waals surface area contributed by atoms with Crippen molar-refractivity contribution in [2.75, 3.05) is 5.73 Å². The maximum Gasteiger partial charge on any atom is 0.389 e. The van der Waals surface area contributed by atoms with Crippen LogP contribution in [0.25, 0.3) is 0 Å². The molecule has 0 aliphatic heterocycles. The fourth-order valence-corrected chi connectivity index (χ4v) is 1.61. The predicted octanol–water partition coefficient (Wildman–Crippen LogP) is 0.273. The zero-order valence-corrected chi connectivity index (χ0v) is 8.22. The van der Waals surface area contributed by atoms with Crippen LogP contribution in [-0.2, 0) is 6.54 Å². The molecule has 0 saturated carbocycles. The van der Waals surface area contributed by atoms with Crippen LogP contribution in [0.1, 0.15) is 5.01 Å². The maximum absolute atomic E-state index is 10.4. The molecule has 78 valence electrons. The fraction of sp³-hybridized carbons (Fsp3) is 0.167. The Morgan fingerprint density at radius 1 is 1.60 bits per heavy atom. The van der Waals surface area contributed by atoms with Crippen molar-refractivity contribution in [2.24, 2.45) is 0 Å². The zero-order chi connectivity index (χ0) is 10.8. The Balaban J connectivity index is 2.14. The summed E-state index contributed by atoms with van der Waals surface area (Å²) in [6, 6.07) is 1.32. The molecule has 2 aromatic heterocycles. The number of rotatable bonds is 3. The third kappa shape index (κ3) is 2.07. The quantitative estimate of drug-likeness (QED) is 0.593. The van der Waals surface area contributed by atoms with E-state index in [1.807, 2.05) is 0 Å². The molecule has 0 atom stereocenters. The second kappa shape index (κ2) is 3.61. The summed E-state index contributed by atoms with van der Waals surface area (Å²) in [7, 11) is 0. The van der Waals surface area contributed by atoms with Gasteiger partial charge in [-0.25, -0.2) is 0 Å². The van der Waals surface area contributed by atoms with Crippen LogP contribution in [0.3, 0.4) is 0 Å². The molecule has 0 aromatic carbocycles. The van der Waals surface area contributed by atoms with E-state index in [1.165, 1.54) is 28.3 Å². The molecule has 15 heavy (non-hydrogen) atoms. The highest BCUT2D eigenvalue weighted by molar-refractivity contribution is 7.15. The Bertz CT molecular complexity index is 491. The zero-order valence-electron chi connectivity index (χ0n) is 7.40. The number of nitrogens with zero attached hydrogens (tertiary/aromatic N) is 5. The lowest BCUT2D eigenvalue weighted by Crippen LogP contribution is -2.00. The lowest BCUT2D eigenvalue weighted by atomic mass is 10.6. The summed E-state index contributed by atoms with van der Waals surface area (Å²) in [5.74, 6) is -0.188. The number of nitro groups is 1. The summed E-state index contributed by atoms with van der Waals surface area (Å²) >= 11 is 1.23. The van der Waals surface area contributed by atoms with Gasteiger partial charge in [0.15, 0.2) is 0 Å². The van der Waals surface area contributed by atoms with E-state index in [9.17, 15) is 10.1 Å². The molecular weight excluding hydrogens is 220 g/mol. The van der Waals surface area contributed by atoms with E-state index in [4.69, 9.17) is 5.73 Å². The predicted molar refractivity (Wildman–Crippen MR) is 52.3 cm³/mol. The normalized spacial score (nSPS) is 10.4. The molecule has 2 aromatic rings. The van der Waals surface area contributed by atoms with Crippen LogP contribution in [0, 0.1) is 10.1 Å². The van der Waals surface area contributed by atoms with Gasteiger partial charge in [0.05, 0.1) is 17.4 Å². The van der Waals surface area contributed by atoms with Gasteiger partial charge in [0.25, 0.3) is 0 Å². The van der Waals surface area contributed by atoms with Crippen molar-refractivity contribution in [3.8, 4) is 0 Å². The van der Waals surface area contributed by atoms with Crippen molar-refractivity contribution in [3.05, 3.63) is 27.4 Å². The van der Waals surface area contributed by atoms with E-state index < -0.39 is 4.92 Å². The van der Waals surface area contributed by atoms with Gasteiger partial charge in [0.1, 0.15) is 11.6 Å². The minimum absolute atomic E-state index is 0.188. The van der Waals surface area contributed by atoms with Gasteiger partial charge in [-0.2, -0.15) is 4.68 Å². The molecule has 9 heteroatoms. The van der Waals surface area contributed by atoms with Gasteiger partial charge in [-0.3, -0.25) is 0 Å². The monoisotopic (exact) mass is 226 g/mol. The molecular formula is C6H6N6O2S. The summed E-state index contributed by atoms with van der Waals surface area (Å²) in [4.78, 5) is 9.80. The Morgan fingerprint density at radius 3 is 2.93 bits per heavy atom. The lowest BCUT2D eigenvalue weighted by Gasteiger charge is -1.89. The van der Waals surface area contributed by atoms with E-state index in [2.05, 4.69) is 15.3 Å². The molecule has 2 rings (SSSR count). The molecule has 0 bridgehead atoms. The topological polar surface area (TPSA) is 113 Å². The van der Waals surface area contributed by atoms with Crippen molar-refractivity contribution < 1.29 is 4.92 Å². The van der Waals surface area contributed by atoms with Crippen LogP contribution in [0.15, 0.2) is 12.3 Å². The van der Waals surface area contributed by atoms with Gasteiger partial charge >= 0.3 is 5.82 Å². The first-order chi connectivity index (χ1) is 7.15. The van der Waals surface area contributed by atoms with Gasteiger partial charge < -0.3 is 15.8 Å². The fourth-order valence-electron chi connectivity index (χ4n) is 1.01. The summed E-state index contributed by atoms with van der Waals surface area (Å²) in [5, 5.41) is 22.5. The molecule has 8 nitrogen and oxygen atoms in total. The Morgan fingerprint density at radius 2 is 2.40 bits per heavy atom. The highest BCUT2D eigenvalue weighted by Gasteiger charge is 2.12. The molecule has 2 heterocycles. The maximum atomic E-state index is 10.4. The van der Waals surface area contributed by atoms with Crippen molar-refractivity contribution >= 4 is 22.3 Å². The molecule has 0 fully saturated rings. The van der Waals surface area contributed by atoms with Crippen LogP contribution in [0.5, 0.6) is 0 Å². The molecule has 0 amide bonds. The highest BCUT2D eigenvalue weighted by Crippen LogP contribution is 2.13. The van der Waals surface area contributed by atoms with E-state index in [0.29, 0.717) is 16.7 Å². The van der Waals surface area contributed by atoms with E-state index in [0.717, 1.165) is 0 Å². The van der Waals surface area contributed by atoms with Crippen LogP contribution >= 0.6 is 11.3 Å². The van der Waals surface area contributed by atoms with Gasteiger partial charge in [-0.15, -0.1) is 10.2 Å². The first-order valence-corrected chi connectivity index (χ1v) is 4.72. The summed E-state index contributed by atoms with van der Waals surface area (Å²) < 4.78 is 1.41. The number of nitrogen functional groups attached to an aromatic ring is 1. The van der Waals surface area contributed by atoms with Gasteiger partial charge in [-0.1, -0.05) is 11.3 Å². The van der Waals surface area contributed by atoms with Crippen LogP contribution in [-0.4, -0.2) is 24.9 Å². The van der Waals surface area contributed by atoms with Crippen molar-refractivity contribution in [2.45, 2.75) is 6.54 Å². The average molecular weight is 226 g/mol. The summed E-state index contributed by atoms with van der Waals surface area (Å²) in [6.07, 6.45) is 1.51. The Labute approximate surface area is 87.5 Å².